The minimum absolute atomic E-state index is 0.344. The quantitative estimate of drug-likeness (QED) is 0.0211. The maximum absolute atomic E-state index is 13.2. The molecule has 0 radical (unpaired) electrons. The highest BCUT2D eigenvalue weighted by Crippen LogP contribution is 2.30. The molecule has 73 heavy (non-hydrogen) atoms. The van der Waals surface area contributed by atoms with Gasteiger partial charge in [-0.05, 0) is 179 Å². The summed E-state index contributed by atoms with van der Waals surface area (Å²) in [7, 11) is 0. The monoisotopic (exact) mass is 988 g/mol. The first-order valence-electron chi connectivity index (χ1n) is 27.2. The van der Waals surface area contributed by atoms with Crippen LogP contribution in [0.15, 0.2) is 116 Å². The van der Waals surface area contributed by atoms with Crippen molar-refractivity contribution in [2.24, 2.45) is 0 Å². The number of aryl methyl sites for hydroxylation is 2. The van der Waals surface area contributed by atoms with E-state index in [1.807, 2.05) is 73.3 Å². The summed E-state index contributed by atoms with van der Waals surface area (Å²) in [6.45, 7) is 6.74. The van der Waals surface area contributed by atoms with Crippen molar-refractivity contribution in [3.63, 3.8) is 0 Å². The molecule has 0 fully saturated rings. The second-order valence-electron chi connectivity index (χ2n) is 18.8. The average molecular weight is 988 g/mol. The molecule has 0 saturated heterocycles. The average Bonchev–Trinajstić information content (AvgIpc) is 3.43. The van der Waals surface area contributed by atoms with E-state index in [0.29, 0.717) is 54.8 Å². The molecule has 2 heterocycles. The molecule has 6 aromatic rings. The predicted octanol–water partition coefficient (Wildman–Crippen LogP) is 15.5. The summed E-state index contributed by atoms with van der Waals surface area (Å²) in [5, 5.41) is 9.14. The van der Waals surface area contributed by atoms with E-state index in [9.17, 15) is 4.79 Å². The lowest BCUT2D eigenvalue weighted by Gasteiger charge is -2.14. The summed E-state index contributed by atoms with van der Waals surface area (Å²) >= 11 is 0. The van der Waals surface area contributed by atoms with Crippen LogP contribution in [-0.4, -0.2) is 52.3 Å². The Morgan fingerprint density at radius 1 is 0.438 bits per heavy atom. The van der Waals surface area contributed by atoms with E-state index in [1.165, 1.54) is 88.2 Å². The summed E-state index contributed by atoms with van der Waals surface area (Å²) in [5.41, 5.74) is 5.18. The minimum Gasteiger partial charge on any atom is -0.494 e. The van der Waals surface area contributed by atoms with E-state index in [4.69, 9.17) is 28.9 Å². The fourth-order valence-electron chi connectivity index (χ4n) is 8.38. The number of benzene rings is 4. The van der Waals surface area contributed by atoms with Gasteiger partial charge >= 0.3 is 5.97 Å². The smallest absolute Gasteiger partial charge is 0.343 e. The first-order chi connectivity index (χ1) is 36.0. The van der Waals surface area contributed by atoms with Crippen molar-refractivity contribution in [2.75, 3.05) is 26.4 Å². The number of rotatable bonds is 36. The van der Waals surface area contributed by atoms with Gasteiger partial charge in [-0.15, -0.1) is 0 Å². The molecule has 11 heteroatoms. The lowest BCUT2D eigenvalue weighted by molar-refractivity contribution is 0.0734. The molecule has 0 spiro atoms. The zero-order chi connectivity index (χ0) is 51.0. The standard InChI is InChI=1S/C62H77N5O6/c1-3-5-7-9-11-17-23-50-45-64-60(65-46-50)52-27-34-55(35-28-52)69-39-19-13-15-21-41-71-58-38-31-54(62(68)73-57-32-25-49(44-63)26-33-57)43-59(58)72-42-22-16-14-20-40-70-56-36-29-53(30-37-56)61-66-47-51(48-67-61)24-18-12-10-8-6-4-2/h25-38,43,45-48H,3-24,39-42H2,1-2H3. The second kappa shape index (κ2) is 33.0. The third kappa shape index (κ3) is 20.7. The van der Waals surface area contributed by atoms with Gasteiger partial charge in [0.2, 0.25) is 0 Å². The molecule has 11 nitrogen and oxygen atoms in total. The summed E-state index contributed by atoms with van der Waals surface area (Å²) in [6.07, 6.45) is 32.8. The van der Waals surface area contributed by atoms with Crippen LogP contribution >= 0.6 is 0 Å². The van der Waals surface area contributed by atoms with Gasteiger partial charge in [0.05, 0.1) is 43.6 Å². The first-order valence-corrected chi connectivity index (χ1v) is 27.2. The van der Waals surface area contributed by atoms with Gasteiger partial charge in [-0.1, -0.05) is 78.1 Å². The van der Waals surface area contributed by atoms with Crippen LogP contribution in [0.1, 0.15) is 169 Å². The lowest BCUT2D eigenvalue weighted by Crippen LogP contribution is -2.10. The first kappa shape index (κ1) is 55.5. The van der Waals surface area contributed by atoms with Crippen molar-refractivity contribution < 1.29 is 28.5 Å². The normalized spacial score (nSPS) is 11.0. The number of nitrogens with zero attached hydrogens (tertiary/aromatic N) is 5. The number of ether oxygens (including phenoxy) is 5. The molecular formula is C62H77N5O6. The molecule has 0 aliphatic heterocycles. The number of hydrogen-bond donors (Lipinski definition) is 0. The number of hydrogen-bond acceptors (Lipinski definition) is 11. The van der Waals surface area contributed by atoms with E-state index in [1.54, 1.807) is 42.5 Å². The van der Waals surface area contributed by atoms with Gasteiger partial charge in [0.1, 0.15) is 17.2 Å². The molecule has 0 unspecified atom stereocenters. The van der Waals surface area contributed by atoms with Crippen molar-refractivity contribution in [3.8, 4) is 57.6 Å². The predicted molar refractivity (Wildman–Crippen MR) is 291 cm³/mol. The van der Waals surface area contributed by atoms with E-state index in [2.05, 4.69) is 39.9 Å². The molecular weight excluding hydrogens is 911 g/mol. The maximum Gasteiger partial charge on any atom is 0.343 e. The fraction of sp³-hybridized carbons (Fsp3) is 0.452. The van der Waals surface area contributed by atoms with Crippen LogP contribution in [0.4, 0.5) is 0 Å². The van der Waals surface area contributed by atoms with Crippen molar-refractivity contribution in [2.45, 2.75) is 155 Å². The molecule has 0 amide bonds. The van der Waals surface area contributed by atoms with Crippen LogP contribution in [-0.2, 0) is 12.8 Å². The highest BCUT2D eigenvalue weighted by molar-refractivity contribution is 5.91. The van der Waals surface area contributed by atoms with Crippen molar-refractivity contribution >= 4 is 5.97 Å². The molecule has 0 bridgehead atoms. The van der Waals surface area contributed by atoms with Crippen LogP contribution < -0.4 is 23.7 Å². The number of aromatic nitrogens is 4. The van der Waals surface area contributed by atoms with Crippen molar-refractivity contribution in [1.82, 2.24) is 19.9 Å². The van der Waals surface area contributed by atoms with E-state index >= 15 is 0 Å². The van der Waals surface area contributed by atoms with Gasteiger partial charge < -0.3 is 23.7 Å². The van der Waals surface area contributed by atoms with Gasteiger partial charge in [0.15, 0.2) is 23.1 Å². The molecule has 0 aliphatic carbocycles. The number of carbonyl (C=O) groups is 1. The Hall–Kier alpha value is -6.80. The Bertz CT molecular complexity index is 2490. The molecule has 2 aromatic heterocycles. The van der Waals surface area contributed by atoms with Gasteiger partial charge in [-0.3, -0.25) is 0 Å². The van der Waals surface area contributed by atoms with Crippen LogP contribution in [0.5, 0.6) is 28.7 Å². The molecule has 0 atom stereocenters. The molecule has 4 aromatic carbocycles. The zero-order valence-electron chi connectivity index (χ0n) is 43.5. The Labute approximate surface area is 435 Å². The van der Waals surface area contributed by atoms with Crippen LogP contribution in [0.25, 0.3) is 22.8 Å². The van der Waals surface area contributed by atoms with Crippen LogP contribution in [0, 0.1) is 11.3 Å². The van der Waals surface area contributed by atoms with Gasteiger partial charge in [0, 0.05) is 35.9 Å². The maximum atomic E-state index is 13.2. The van der Waals surface area contributed by atoms with Crippen molar-refractivity contribution in [1.29, 1.82) is 5.26 Å². The van der Waals surface area contributed by atoms with Gasteiger partial charge in [0.25, 0.3) is 0 Å². The molecule has 0 saturated carbocycles. The number of carbonyl (C=O) groups excluding carboxylic acids is 1. The number of esters is 1. The minimum atomic E-state index is -0.521. The topological polar surface area (TPSA) is 139 Å². The molecule has 6 rings (SSSR count). The summed E-state index contributed by atoms with van der Waals surface area (Å²) < 4.78 is 30.2. The largest absolute Gasteiger partial charge is 0.494 e. The summed E-state index contributed by atoms with van der Waals surface area (Å²) in [4.78, 5) is 31.6. The van der Waals surface area contributed by atoms with Gasteiger partial charge in [-0.25, -0.2) is 24.7 Å². The molecule has 0 N–H and O–H groups in total. The van der Waals surface area contributed by atoms with Crippen molar-refractivity contribution in [3.05, 3.63) is 138 Å². The van der Waals surface area contributed by atoms with E-state index < -0.39 is 5.97 Å². The molecule has 0 aliphatic rings. The Morgan fingerprint density at radius 2 is 0.836 bits per heavy atom. The third-order valence-corrected chi connectivity index (χ3v) is 12.8. The fourth-order valence-corrected chi connectivity index (χ4v) is 8.38. The summed E-state index contributed by atoms with van der Waals surface area (Å²) in [5.74, 6) is 4.05. The van der Waals surface area contributed by atoms with E-state index in [-0.39, 0.29) is 0 Å². The number of unbranched alkanes of at least 4 members (excludes halogenated alkanes) is 16. The Balaban J connectivity index is 0.872. The Morgan fingerprint density at radius 3 is 1.29 bits per heavy atom. The Kier molecular flexibility index (Phi) is 25.1. The van der Waals surface area contributed by atoms with Crippen LogP contribution in [0.2, 0.25) is 0 Å². The highest BCUT2D eigenvalue weighted by atomic mass is 16.5. The lowest BCUT2D eigenvalue weighted by atomic mass is 10.1. The third-order valence-electron chi connectivity index (χ3n) is 12.8. The SMILES string of the molecule is CCCCCCCCc1cnc(-c2ccc(OCCCCCCOc3ccc(C(=O)Oc4ccc(C#N)cc4)cc3OCCCCCCOc3ccc(-c4ncc(CCCCCCCC)cn4)cc3)cc2)nc1. The number of nitriles is 1. The zero-order valence-corrected chi connectivity index (χ0v) is 43.5. The van der Waals surface area contributed by atoms with E-state index in [0.717, 1.165) is 98.5 Å². The molecule has 386 valence electrons. The summed E-state index contributed by atoms with van der Waals surface area (Å²) in [6, 6.07) is 29.7. The van der Waals surface area contributed by atoms with Crippen LogP contribution in [0.3, 0.4) is 0 Å². The van der Waals surface area contributed by atoms with Gasteiger partial charge in [-0.2, -0.15) is 5.26 Å². The second-order valence-corrected chi connectivity index (χ2v) is 18.8. The highest BCUT2D eigenvalue weighted by Gasteiger charge is 2.15.